The molecule has 1 N–H and O–H groups in total. The van der Waals surface area contributed by atoms with E-state index >= 15 is 0 Å². The normalized spacial score (nSPS) is 34.8. The lowest BCUT2D eigenvalue weighted by atomic mass is 10.1. The first-order chi connectivity index (χ1) is 5.79. The van der Waals surface area contributed by atoms with Gasteiger partial charge in [-0.05, 0) is 6.08 Å². The quantitative estimate of drug-likeness (QED) is 0.650. The number of ether oxygens (including phenoxy) is 3. The third kappa shape index (κ3) is 1.97. The summed E-state index contributed by atoms with van der Waals surface area (Å²) in [6.07, 6.45) is 1.94. The Morgan fingerprint density at radius 2 is 2.25 bits per heavy atom. The van der Waals surface area contributed by atoms with Gasteiger partial charge in [0.1, 0.15) is 18.3 Å². The van der Waals surface area contributed by atoms with Crippen LogP contribution in [0.2, 0.25) is 0 Å². The molecule has 0 amide bonds. The van der Waals surface area contributed by atoms with Crippen LogP contribution in [0.4, 0.5) is 0 Å². The molecule has 4 heteroatoms. The van der Waals surface area contributed by atoms with Crippen LogP contribution in [0, 0.1) is 0 Å². The minimum atomic E-state index is -0.653. The van der Waals surface area contributed by atoms with Crippen molar-refractivity contribution in [3.05, 3.63) is 12.3 Å². The highest BCUT2D eigenvalue weighted by molar-refractivity contribution is 4.97. The van der Waals surface area contributed by atoms with E-state index in [1.54, 1.807) is 20.3 Å². The van der Waals surface area contributed by atoms with E-state index in [0.29, 0.717) is 6.61 Å². The summed E-state index contributed by atoms with van der Waals surface area (Å²) in [6, 6.07) is 0. The maximum absolute atomic E-state index is 9.58. The predicted octanol–water partition coefficient (Wildman–Crippen LogP) is -0.0788. The van der Waals surface area contributed by atoms with E-state index < -0.39 is 6.10 Å². The topological polar surface area (TPSA) is 47.9 Å². The van der Waals surface area contributed by atoms with Crippen molar-refractivity contribution >= 4 is 0 Å². The van der Waals surface area contributed by atoms with Crippen molar-refractivity contribution in [3.8, 4) is 0 Å². The van der Waals surface area contributed by atoms with Gasteiger partial charge in [-0.1, -0.05) is 0 Å². The zero-order chi connectivity index (χ0) is 8.97. The van der Waals surface area contributed by atoms with Gasteiger partial charge in [0.05, 0.1) is 12.9 Å². The van der Waals surface area contributed by atoms with Crippen LogP contribution in [0.5, 0.6) is 0 Å². The average Bonchev–Trinajstić information content (AvgIpc) is 2.09. The molecule has 1 aliphatic heterocycles. The smallest absolute Gasteiger partial charge is 0.150 e. The minimum absolute atomic E-state index is 0.293. The highest BCUT2D eigenvalue weighted by Gasteiger charge is 2.30. The molecule has 0 aliphatic carbocycles. The summed E-state index contributed by atoms with van der Waals surface area (Å²) in [4.78, 5) is 0. The van der Waals surface area contributed by atoms with Gasteiger partial charge in [-0.3, -0.25) is 0 Å². The molecule has 0 aromatic carbocycles. The Bertz CT molecular complexity index is 157. The molecule has 70 valence electrons. The van der Waals surface area contributed by atoms with Gasteiger partial charge < -0.3 is 19.3 Å². The van der Waals surface area contributed by atoms with Gasteiger partial charge in [0, 0.05) is 14.2 Å². The molecule has 12 heavy (non-hydrogen) atoms. The van der Waals surface area contributed by atoms with E-state index in [2.05, 4.69) is 0 Å². The van der Waals surface area contributed by atoms with Crippen molar-refractivity contribution in [2.24, 2.45) is 0 Å². The van der Waals surface area contributed by atoms with Gasteiger partial charge in [-0.2, -0.15) is 0 Å². The van der Waals surface area contributed by atoms with E-state index in [1.165, 1.54) is 6.26 Å². The second kappa shape index (κ2) is 4.45. The van der Waals surface area contributed by atoms with Crippen LogP contribution < -0.4 is 0 Å². The Morgan fingerprint density at radius 3 is 2.83 bits per heavy atom. The summed E-state index contributed by atoms with van der Waals surface area (Å²) >= 11 is 0. The number of aliphatic hydroxyl groups excluding tert-OH is 1. The molecule has 0 aromatic heterocycles. The first kappa shape index (κ1) is 9.51. The number of methoxy groups -OCH3 is 2. The highest BCUT2D eigenvalue weighted by atomic mass is 16.5. The van der Waals surface area contributed by atoms with Crippen molar-refractivity contribution in [1.29, 1.82) is 0 Å². The molecule has 0 saturated carbocycles. The van der Waals surface area contributed by atoms with Crippen LogP contribution in [0.1, 0.15) is 0 Å². The fourth-order valence-corrected chi connectivity index (χ4v) is 1.15. The van der Waals surface area contributed by atoms with E-state index in [1.807, 2.05) is 0 Å². The molecule has 0 saturated heterocycles. The molecule has 0 aromatic rings. The van der Waals surface area contributed by atoms with E-state index in [4.69, 9.17) is 14.2 Å². The van der Waals surface area contributed by atoms with Crippen molar-refractivity contribution < 1.29 is 19.3 Å². The Kier molecular flexibility index (Phi) is 3.52. The number of hydrogen-bond donors (Lipinski definition) is 1. The van der Waals surface area contributed by atoms with Crippen molar-refractivity contribution in [3.63, 3.8) is 0 Å². The van der Waals surface area contributed by atoms with E-state index in [9.17, 15) is 5.11 Å². The van der Waals surface area contributed by atoms with E-state index in [0.717, 1.165) is 0 Å². The standard InChI is InChI=1S/C8H14O4/c1-10-5-7-8(9)6(11-2)3-4-12-7/h3-4,6-9H,5H2,1-2H3. The maximum atomic E-state index is 9.58. The van der Waals surface area contributed by atoms with Gasteiger partial charge in [0.25, 0.3) is 0 Å². The molecule has 1 aliphatic rings. The van der Waals surface area contributed by atoms with Crippen LogP contribution in [-0.2, 0) is 14.2 Å². The van der Waals surface area contributed by atoms with Crippen LogP contribution in [0.25, 0.3) is 0 Å². The molecule has 0 radical (unpaired) electrons. The second-order valence-corrected chi connectivity index (χ2v) is 2.65. The van der Waals surface area contributed by atoms with Gasteiger partial charge in [-0.25, -0.2) is 0 Å². The lowest BCUT2D eigenvalue weighted by molar-refractivity contribution is -0.0969. The molecule has 0 bridgehead atoms. The third-order valence-electron chi connectivity index (χ3n) is 1.84. The fourth-order valence-electron chi connectivity index (χ4n) is 1.15. The highest BCUT2D eigenvalue weighted by Crippen LogP contribution is 2.14. The molecule has 1 rings (SSSR count). The zero-order valence-corrected chi connectivity index (χ0v) is 7.27. The number of hydrogen-bond acceptors (Lipinski definition) is 4. The first-order valence-corrected chi connectivity index (χ1v) is 3.81. The first-order valence-electron chi connectivity index (χ1n) is 3.81. The molecule has 1 heterocycles. The number of aliphatic hydroxyl groups is 1. The monoisotopic (exact) mass is 174 g/mol. The molecule has 0 spiro atoms. The van der Waals surface area contributed by atoms with Gasteiger partial charge in [0.15, 0.2) is 0 Å². The Hall–Kier alpha value is -0.580. The lowest BCUT2D eigenvalue weighted by Gasteiger charge is -2.29. The maximum Gasteiger partial charge on any atom is 0.150 e. The Balaban J connectivity index is 2.51. The second-order valence-electron chi connectivity index (χ2n) is 2.65. The summed E-state index contributed by atoms with van der Waals surface area (Å²) in [5.41, 5.74) is 0. The average molecular weight is 174 g/mol. The van der Waals surface area contributed by atoms with Crippen molar-refractivity contribution in [2.75, 3.05) is 20.8 Å². The molecule has 4 nitrogen and oxygen atoms in total. The summed E-state index contributed by atoms with van der Waals surface area (Å²) in [7, 11) is 3.11. The predicted molar refractivity (Wildman–Crippen MR) is 42.7 cm³/mol. The summed E-state index contributed by atoms with van der Waals surface area (Å²) < 4.78 is 15.0. The largest absolute Gasteiger partial charge is 0.493 e. The van der Waals surface area contributed by atoms with Crippen molar-refractivity contribution in [2.45, 2.75) is 18.3 Å². The lowest BCUT2D eigenvalue weighted by Crippen LogP contribution is -2.43. The summed E-state index contributed by atoms with van der Waals surface area (Å²) in [5.74, 6) is 0. The third-order valence-corrected chi connectivity index (χ3v) is 1.84. The SMILES string of the molecule is COCC1OC=CC(OC)C1O. The van der Waals surface area contributed by atoms with Gasteiger partial charge in [-0.15, -0.1) is 0 Å². The van der Waals surface area contributed by atoms with Crippen LogP contribution >= 0.6 is 0 Å². The zero-order valence-electron chi connectivity index (χ0n) is 7.27. The molecule has 0 fully saturated rings. The molecule has 3 atom stereocenters. The Labute approximate surface area is 71.7 Å². The van der Waals surface area contributed by atoms with Crippen LogP contribution in [0.15, 0.2) is 12.3 Å². The van der Waals surface area contributed by atoms with Crippen molar-refractivity contribution in [1.82, 2.24) is 0 Å². The van der Waals surface area contributed by atoms with Gasteiger partial charge in [0.2, 0.25) is 0 Å². The van der Waals surface area contributed by atoms with Crippen LogP contribution in [0.3, 0.4) is 0 Å². The minimum Gasteiger partial charge on any atom is -0.493 e. The summed E-state index contributed by atoms with van der Waals surface area (Å²) in [6.45, 7) is 0.366. The molecule has 3 unspecified atom stereocenters. The van der Waals surface area contributed by atoms with Crippen LogP contribution in [-0.4, -0.2) is 44.2 Å². The fraction of sp³-hybridized carbons (Fsp3) is 0.750. The van der Waals surface area contributed by atoms with Gasteiger partial charge >= 0.3 is 0 Å². The Morgan fingerprint density at radius 1 is 1.50 bits per heavy atom. The molecular formula is C8H14O4. The van der Waals surface area contributed by atoms with E-state index in [-0.39, 0.29) is 12.2 Å². The summed E-state index contributed by atoms with van der Waals surface area (Å²) in [5, 5.41) is 9.58. The molecular weight excluding hydrogens is 160 g/mol. The number of rotatable bonds is 3.